The van der Waals surface area contributed by atoms with Crippen molar-refractivity contribution in [1.82, 2.24) is 4.90 Å². The van der Waals surface area contributed by atoms with Crippen molar-refractivity contribution < 1.29 is 19.4 Å². The maximum atomic E-state index is 12.4. The smallest absolute Gasteiger partial charge is 0.306 e. The molecule has 120 valence electrons. The normalized spacial score (nSPS) is 27.3. The molecule has 2 fully saturated rings. The number of rotatable bonds is 5. The van der Waals surface area contributed by atoms with Gasteiger partial charge in [-0.3, -0.25) is 9.59 Å². The first-order valence-electron chi connectivity index (χ1n) is 8.13. The van der Waals surface area contributed by atoms with Gasteiger partial charge in [0.2, 0.25) is 5.91 Å². The van der Waals surface area contributed by atoms with Crippen molar-refractivity contribution in [3.8, 4) is 0 Å². The van der Waals surface area contributed by atoms with E-state index in [0.29, 0.717) is 18.8 Å². The summed E-state index contributed by atoms with van der Waals surface area (Å²) in [7, 11) is 1.85. The lowest BCUT2D eigenvalue weighted by atomic mass is 9.80. The Kier molecular flexibility index (Phi) is 6.03. The van der Waals surface area contributed by atoms with Crippen LogP contribution in [0.15, 0.2) is 0 Å². The van der Waals surface area contributed by atoms with Gasteiger partial charge in [0.25, 0.3) is 0 Å². The summed E-state index contributed by atoms with van der Waals surface area (Å²) in [5.41, 5.74) is 0. The zero-order chi connectivity index (χ0) is 15.2. The standard InChI is InChI=1S/C16H27NO4/c1-17(8-5-12-6-9-21-10-7-12)15(18)13-3-2-4-14(11-13)16(19)20/h12-14H,2-11H2,1H3,(H,19,20). The second-order valence-corrected chi connectivity index (χ2v) is 6.50. The summed E-state index contributed by atoms with van der Waals surface area (Å²) in [6, 6.07) is 0. The van der Waals surface area contributed by atoms with Gasteiger partial charge in [0.1, 0.15) is 0 Å². The lowest BCUT2D eigenvalue weighted by Crippen LogP contribution is -2.38. The number of aliphatic carboxylic acids is 1. The van der Waals surface area contributed by atoms with E-state index in [9.17, 15) is 9.59 Å². The fraction of sp³-hybridized carbons (Fsp3) is 0.875. The predicted octanol–water partition coefficient (Wildman–Crippen LogP) is 2.15. The topological polar surface area (TPSA) is 66.8 Å². The summed E-state index contributed by atoms with van der Waals surface area (Å²) in [6.07, 6.45) is 6.12. The molecule has 1 N–H and O–H groups in total. The van der Waals surface area contributed by atoms with E-state index in [1.54, 1.807) is 0 Å². The maximum Gasteiger partial charge on any atom is 0.306 e. The number of carboxylic acids is 1. The van der Waals surface area contributed by atoms with Crippen LogP contribution in [-0.2, 0) is 14.3 Å². The van der Waals surface area contributed by atoms with Crippen molar-refractivity contribution in [2.24, 2.45) is 17.8 Å². The Morgan fingerprint density at radius 3 is 2.48 bits per heavy atom. The molecule has 2 rings (SSSR count). The molecule has 5 nitrogen and oxygen atoms in total. The largest absolute Gasteiger partial charge is 0.481 e. The van der Waals surface area contributed by atoms with E-state index < -0.39 is 5.97 Å². The summed E-state index contributed by atoms with van der Waals surface area (Å²) in [6.45, 7) is 2.45. The summed E-state index contributed by atoms with van der Waals surface area (Å²) in [4.78, 5) is 25.3. The van der Waals surface area contributed by atoms with Gasteiger partial charge in [-0.05, 0) is 44.4 Å². The Labute approximate surface area is 126 Å². The van der Waals surface area contributed by atoms with Gasteiger partial charge in [0.15, 0.2) is 0 Å². The second-order valence-electron chi connectivity index (χ2n) is 6.50. The van der Waals surface area contributed by atoms with Crippen LogP contribution in [0.4, 0.5) is 0 Å². The first-order valence-corrected chi connectivity index (χ1v) is 8.13. The third-order valence-corrected chi connectivity index (χ3v) is 4.96. The monoisotopic (exact) mass is 297 g/mol. The number of ether oxygens (including phenoxy) is 1. The number of hydrogen-bond donors (Lipinski definition) is 1. The Hall–Kier alpha value is -1.10. The number of nitrogens with zero attached hydrogens (tertiary/aromatic N) is 1. The SMILES string of the molecule is CN(CCC1CCOCC1)C(=O)C1CCCC(C(=O)O)C1. The zero-order valence-corrected chi connectivity index (χ0v) is 12.9. The highest BCUT2D eigenvalue weighted by Crippen LogP contribution is 2.30. The van der Waals surface area contributed by atoms with Crippen LogP contribution in [0.5, 0.6) is 0 Å². The molecule has 0 radical (unpaired) electrons. The highest BCUT2D eigenvalue weighted by molar-refractivity contribution is 5.80. The predicted molar refractivity (Wildman–Crippen MR) is 78.9 cm³/mol. The van der Waals surface area contributed by atoms with Gasteiger partial charge < -0.3 is 14.7 Å². The lowest BCUT2D eigenvalue weighted by Gasteiger charge is -2.30. The third kappa shape index (κ3) is 4.70. The van der Waals surface area contributed by atoms with E-state index in [4.69, 9.17) is 9.84 Å². The summed E-state index contributed by atoms with van der Waals surface area (Å²) >= 11 is 0. The molecule has 1 heterocycles. The molecular weight excluding hydrogens is 270 g/mol. The van der Waals surface area contributed by atoms with Crippen molar-refractivity contribution >= 4 is 11.9 Å². The molecule has 1 aliphatic heterocycles. The molecule has 1 saturated carbocycles. The van der Waals surface area contributed by atoms with Crippen molar-refractivity contribution in [3.63, 3.8) is 0 Å². The Balaban J connectivity index is 1.76. The fourth-order valence-electron chi connectivity index (χ4n) is 3.47. The highest BCUT2D eigenvalue weighted by Gasteiger charge is 2.32. The van der Waals surface area contributed by atoms with Gasteiger partial charge in [0.05, 0.1) is 5.92 Å². The minimum Gasteiger partial charge on any atom is -0.481 e. The molecule has 2 unspecified atom stereocenters. The molecule has 2 aliphatic rings. The molecule has 0 bridgehead atoms. The third-order valence-electron chi connectivity index (χ3n) is 4.96. The zero-order valence-electron chi connectivity index (χ0n) is 12.9. The van der Waals surface area contributed by atoms with Gasteiger partial charge in [0, 0.05) is 32.7 Å². The molecule has 0 aromatic heterocycles. The summed E-state index contributed by atoms with van der Waals surface area (Å²) in [5.74, 6) is -0.395. The summed E-state index contributed by atoms with van der Waals surface area (Å²) < 4.78 is 5.35. The van der Waals surface area contributed by atoms with Crippen molar-refractivity contribution in [2.75, 3.05) is 26.8 Å². The van der Waals surface area contributed by atoms with E-state index in [-0.39, 0.29) is 17.7 Å². The Morgan fingerprint density at radius 1 is 1.14 bits per heavy atom. The second kappa shape index (κ2) is 7.78. The van der Waals surface area contributed by atoms with Crippen LogP contribution in [0.25, 0.3) is 0 Å². The number of carboxylic acid groups (broad SMARTS) is 1. The average molecular weight is 297 g/mol. The van der Waals surface area contributed by atoms with Crippen LogP contribution in [0, 0.1) is 17.8 Å². The maximum absolute atomic E-state index is 12.4. The van der Waals surface area contributed by atoms with Gasteiger partial charge in [-0.15, -0.1) is 0 Å². The van der Waals surface area contributed by atoms with Gasteiger partial charge >= 0.3 is 5.97 Å². The van der Waals surface area contributed by atoms with E-state index in [1.165, 1.54) is 0 Å². The molecule has 1 saturated heterocycles. The molecule has 1 amide bonds. The lowest BCUT2D eigenvalue weighted by molar-refractivity contribution is -0.145. The molecular formula is C16H27NO4. The first-order chi connectivity index (χ1) is 10.1. The van der Waals surface area contributed by atoms with Gasteiger partial charge in [-0.1, -0.05) is 6.42 Å². The van der Waals surface area contributed by atoms with E-state index in [0.717, 1.165) is 51.9 Å². The van der Waals surface area contributed by atoms with Crippen LogP contribution >= 0.6 is 0 Å². The minimum absolute atomic E-state index is 0.0976. The average Bonchev–Trinajstić information content (AvgIpc) is 2.53. The number of amides is 1. The van der Waals surface area contributed by atoms with Crippen molar-refractivity contribution in [3.05, 3.63) is 0 Å². The van der Waals surface area contributed by atoms with E-state index in [2.05, 4.69) is 0 Å². The first kappa shape index (κ1) is 16.3. The van der Waals surface area contributed by atoms with Crippen molar-refractivity contribution in [1.29, 1.82) is 0 Å². The number of carbonyl (C=O) groups excluding carboxylic acids is 1. The quantitative estimate of drug-likeness (QED) is 0.844. The van der Waals surface area contributed by atoms with E-state index in [1.807, 2.05) is 11.9 Å². The number of hydrogen-bond acceptors (Lipinski definition) is 3. The van der Waals surface area contributed by atoms with Gasteiger partial charge in [-0.2, -0.15) is 0 Å². The molecule has 1 aliphatic carbocycles. The Bertz CT molecular complexity index is 365. The highest BCUT2D eigenvalue weighted by atomic mass is 16.5. The molecule has 5 heteroatoms. The molecule has 0 spiro atoms. The molecule has 0 aromatic carbocycles. The Morgan fingerprint density at radius 2 is 1.81 bits per heavy atom. The minimum atomic E-state index is -0.752. The van der Waals surface area contributed by atoms with Crippen LogP contribution in [0.3, 0.4) is 0 Å². The van der Waals surface area contributed by atoms with Crippen LogP contribution < -0.4 is 0 Å². The van der Waals surface area contributed by atoms with Crippen LogP contribution in [0.1, 0.15) is 44.9 Å². The van der Waals surface area contributed by atoms with Gasteiger partial charge in [-0.25, -0.2) is 0 Å². The van der Waals surface area contributed by atoms with Crippen LogP contribution in [0.2, 0.25) is 0 Å². The van der Waals surface area contributed by atoms with E-state index >= 15 is 0 Å². The number of carbonyl (C=O) groups is 2. The molecule has 2 atom stereocenters. The molecule has 21 heavy (non-hydrogen) atoms. The summed E-state index contributed by atoms with van der Waals surface area (Å²) in [5, 5.41) is 9.11. The van der Waals surface area contributed by atoms with Crippen molar-refractivity contribution in [2.45, 2.75) is 44.9 Å². The molecule has 0 aromatic rings. The van der Waals surface area contributed by atoms with Crippen LogP contribution in [-0.4, -0.2) is 48.7 Å². The fourth-order valence-corrected chi connectivity index (χ4v) is 3.47.